The summed E-state index contributed by atoms with van der Waals surface area (Å²) >= 11 is 0. The monoisotopic (exact) mass is 661 g/mol. The number of hydrogen-bond acceptors (Lipinski definition) is 6. The first-order chi connectivity index (χ1) is 23.4. The highest BCUT2D eigenvalue weighted by atomic mass is 16.5. The van der Waals surface area contributed by atoms with Crippen molar-refractivity contribution < 1.29 is 19.2 Å². The lowest BCUT2D eigenvalue weighted by atomic mass is 9.77. The van der Waals surface area contributed by atoms with Crippen molar-refractivity contribution in [2.75, 3.05) is 24.6 Å². The lowest BCUT2D eigenvalue weighted by molar-refractivity contribution is -0.438. The Morgan fingerprint density at radius 1 is 0.837 bits per heavy atom. The number of fused-ring (bicyclic) bond motifs is 2. The molecule has 6 rings (SSSR count). The summed E-state index contributed by atoms with van der Waals surface area (Å²) < 4.78 is 8.06. The van der Waals surface area contributed by atoms with Crippen LogP contribution in [0.15, 0.2) is 86.8 Å². The molecule has 3 aromatic rings. The van der Waals surface area contributed by atoms with Gasteiger partial charge in [0.1, 0.15) is 12.3 Å². The molecule has 7 heteroatoms. The SMILES string of the molecule is CCCCOc1c(-c2ccc3c(c2)C(C)(C)/C(=C/C2=C(O)C(=C/C4=[N+](CCCC)c5ccccc5C4(C)C)/C2=O)N3CCCC)c(=O)c1=O. The van der Waals surface area contributed by atoms with Crippen LogP contribution in [0.3, 0.4) is 0 Å². The molecule has 3 aliphatic rings. The summed E-state index contributed by atoms with van der Waals surface area (Å²) in [6.45, 7) is 16.9. The number of Topliss-reactive ketones (excluding diaryl/α,β-unsaturated/α-hetero) is 1. The highest BCUT2D eigenvalue weighted by Crippen LogP contribution is 2.50. The minimum Gasteiger partial charge on any atom is -0.506 e. The predicted octanol–water partition coefficient (Wildman–Crippen LogP) is 8.11. The number of carbonyl (C=O) groups is 1. The lowest BCUT2D eigenvalue weighted by Gasteiger charge is -2.29. The van der Waals surface area contributed by atoms with Crippen molar-refractivity contribution in [2.45, 2.75) is 97.8 Å². The molecule has 1 aliphatic carbocycles. The van der Waals surface area contributed by atoms with Crippen molar-refractivity contribution in [1.82, 2.24) is 0 Å². The molecule has 2 heterocycles. The Hall–Kier alpha value is -4.52. The van der Waals surface area contributed by atoms with E-state index in [1.807, 2.05) is 37.3 Å². The second kappa shape index (κ2) is 13.1. The largest absolute Gasteiger partial charge is 0.506 e. The molecule has 0 amide bonds. The molecular formula is C42H49N2O5+. The van der Waals surface area contributed by atoms with Gasteiger partial charge in [0.25, 0.3) is 5.43 Å². The Kier molecular flexibility index (Phi) is 9.16. The number of aliphatic hydroxyl groups excluding tert-OH is 1. The number of hydrogen-bond donors (Lipinski definition) is 1. The second-order valence-corrected chi connectivity index (χ2v) is 14.6. The Balaban J connectivity index is 1.39. The summed E-state index contributed by atoms with van der Waals surface area (Å²) in [6, 6.07) is 14.3. The van der Waals surface area contributed by atoms with Gasteiger partial charge in [-0.25, -0.2) is 0 Å². The summed E-state index contributed by atoms with van der Waals surface area (Å²) in [5.41, 5.74) is 6.00. The molecule has 49 heavy (non-hydrogen) atoms. The number of para-hydroxylation sites is 1. The molecule has 0 aromatic heterocycles. The average Bonchev–Trinajstić information content (AvgIpc) is 3.44. The Morgan fingerprint density at radius 3 is 2.24 bits per heavy atom. The molecule has 7 nitrogen and oxygen atoms in total. The topological polar surface area (TPSA) is 86.9 Å². The zero-order valence-corrected chi connectivity index (χ0v) is 30.0. The maximum atomic E-state index is 13.9. The quantitative estimate of drug-likeness (QED) is 0.0862. The molecule has 0 saturated heterocycles. The normalized spacial score (nSPS) is 19.3. The summed E-state index contributed by atoms with van der Waals surface area (Å²) in [7, 11) is 0. The number of nitrogens with zero attached hydrogens (tertiary/aromatic N) is 2. The van der Waals surface area contributed by atoms with Crippen LogP contribution >= 0.6 is 0 Å². The van der Waals surface area contributed by atoms with E-state index < -0.39 is 16.3 Å². The van der Waals surface area contributed by atoms with Gasteiger partial charge in [-0.05, 0) is 56.0 Å². The van der Waals surface area contributed by atoms with E-state index in [1.165, 1.54) is 5.56 Å². The van der Waals surface area contributed by atoms with E-state index in [9.17, 15) is 19.5 Å². The Morgan fingerprint density at radius 2 is 1.55 bits per heavy atom. The zero-order chi connectivity index (χ0) is 35.2. The van der Waals surface area contributed by atoms with E-state index in [1.54, 1.807) is 0 Å². The molecule has 0 atom stereocenters. The van der Waals surface area contributed by atoms with Crippen LogP contribution in [0.5, 0.6) is 5.75 Å². The van der Waals surface area contributed by atoms with Gasteiger partial charge in [0, 0.05) is 47.5 Å². The second-order valence-electron chi connectivity index (χ2n) is 14.6. The number of ether oxygens (including phenoxy) is 1. The van der Waals surface area contributed by atoms with Gasteiger partial charge in [0.15, 0.2) is 11.5 Å². The number of carbonyl (C=O) groups excluding carboxylic acids is 1. The first kappa shape index (κ1) is 34.3. The summed E-state index contributed by atoms with van der Waals surface area (Å²) in [4.78, 5) is 41.3. The third-order valence-electron chi connectivity index (χ3n) is 10.6. The van der Waals surface area contributed by atoms with Crippen LogP contribution in [0.4, 0.5) is 11.4 Å². The fourth-order valence-corrected chi connectivity index (χ4v) is 7.58. The van der Waals surface area contributed by atoms with E-state index >= 15 is 0 Å². The maximum Gasteiger partial charge on any atom is 0.268 e. The van der Waals surface area contributed by atoms with Crippen LogP contribution in [0.1, 0.15) is 98.1 Å². The van der Waals surface area contributed by atoms with E-state index in [2.05, 4.69) is 75.3 Å². The van der Waals surface area contributed by atoms with Crippen molar-refractivity contribution >= 4 is 22.9 Å². The number of aliphatic hydroxyl groups is 1. The van der Waals surface area contributed by atoms with Crippen molar-refractivity contribution in [3.8, 4) is 16.9 Å². The summed E-state index contributed by atoms with van der Waals surface area (Å²) in [5, 5.41) is 11.5. The van der Waals surface area contributed by atoms with Gasteiger partial charge >= 0.3 is 0 Å². The molecule has 0 unspecified atom stereocenters. The Bertz CT molecular complexity index is 2030. The van der Waals surface area contributed by atoms with Crippen molar-refractivity contribution in [3.63, 3.8) is 0 Å². The lowest BCUT2D eigenvalue weighted by Crippen LogP contribution is -2.34. The molecule has 0 saturated carbocycles. The average molecular weight is 662 g/mol. The molecule has 0 bridgehead atoms. The van der Waals surface area contributed by atoms with Crippen molar-refractivity contribution in [3.05, 3.63) is 109 Å². The van der Waals surface area contributed by atoms with Crippen LogP contribution in [-0.2, 0) is 15.6 Å². The minimum atomic E-state index is -0.567. The van der Waals surface area contributed by atoms with Crippen LogP contribution < -0.4 is 20.5 Å². The van der Waals surface area contributed by atoms with Crippen LogP contribution in [0.2, 0.25) is 0 Å². The molecular weight excluding hydrogens is 612 g/mol. The molecule has 0 spiro atoms. The third kappa shape index (κ3) is 5.51. The van der Waals surface area contributed by atoms with Gasteiger partial charge in [0.2, 0.25) is 16.9 Å². The Labute approximate surface area is 289 Å². The maximum absolute atomic E-state index is 13.9. The first-order valence-corrected chi connectivity index (χ1v) is 17.9. The number of allylic oxidation sites excluding steroid dienone is 5. The number of rotatable bonds is 13. The predicted molar refractivity (Wildman–Crippen MR) is 197 cm³/mol. The molecule has 0 fully saturated rings. The van der Waals surface area contributed by atoms with Crippen LogP contribution in [-0.4, -0.2) is 40.9 Å². The van der Waals surface area contributed by atoms with E-state index in [4.69, 9.17) is 4.74 Å². The number of benzene rings is 2. The summed E-state index contributed by atoms with van der Waals surface area (Å²) in [5.74, 6) is 0.00908. The smallest absolute Gasteiger partial charge is 0.268 e. The molecule has 2 aliphatic heterocycles. The third-order valence-corrected chi connectivity index (χ3v) is 10.6. The summed E-state index contributed by atoms with van der Waals surface area (Å²) in [6.07, 6.45) is 9.48. The van der Waals surface area contributed by atoms with E-state index in [-0.39, 0.29) is 22.7 Å². The van der Waals surface area contributed by atoms with Crippen LogP contribution in [0.25, 0.3) is 11.1 Å². The van der Waals surface area contributed by atoms with Gasteiger partial charge in [0.05, 0.1) is 28.7 Å². The van der Waals surface area contributed by atoms with Gasteiger partial charge in [-0.2, -0.15) is 4.58 Å². The molecule has 256 valence electrons. The molecule has 0 radical (unpaired) electrons. The standard InChI is InChI=1S/C42H48N2O5/c1-8-11-20-43-31-17-15-14-16-29(31)41(4,5)33(43)24-27-36(45)28(37(27)46)25-34-42(6,7)30-23-26(18-19-32(30)44(34)21-12-9-2)35-38(47)39(48)40(35)49-22-13-10-3/h14-19,23-25H,8-13,20-22H2,1-7H3/p+1. The highest BCUT2D eigenvalue weighted by Gasteiger charge is 2.47. The van der Waals surface area contributed by atoms with Crippen molar-refractivity contribution in [2.24, 2.45) is 0 Å². The zero-order valence-electron chi connectivity index (χ0n) is 30.0. The van der Waals surface area contributed by atoms with Gasteiger partial charge in [-0.15, -0.1) is 0 Å². The fraction of sp³-hybridized carbons (Fsp3) is 0.429. The number of ketones is 1. The number of unbranched alkanes of at least 4 members (excludes halogenated alkanes) is 3. The minimum absolute atomic E-state index is 0.0210. The first-order valence-electron chi connectivity index (χ1n) is 17.9. The molecule has 3 aromatic carbocycles. The number of anilines is 1. The van der Waals surface area contributed by atoms with Crippen LogP contribution in [0, 0.1) is 0 Å². The van der Waals surface area contributed by atoms with E-state index in [0.717, 1.165) is 80.0 Å². The van der Waals surface area contributed by atoms with Gasteiger partial charge in [-0.1, -0.05) is 78.1 Å². The highest BCUT2D eigenvalue weighted by molar-refractivity contribution is 6.24. The van der Waals surface area contributed by atoms with Gasteiger partial charge < -0.3 is 14.7 Å². The van der Waals surface area contributed by atoms with Crippen molar-refractivity contribution in [1.29, 1.82) is 0 Å². The molecule has 1 N–H and O–H groups in total. The fourth-order valence-electron chi connectivity index (χ4n) is 7.58. The van der Waals surface area contributed by atoms with Gasteiger partial charge in [-0.3, -0.25) is 14.4 Å². The van der Waals surface area contributed by atoms with E-state index in [0.29, 0.717) is 28.9 Å².